The Morgan fingerprint density at radius 1 is 0.600 bits per heavy atom. The van der Waals surface area contributed by atoms with Crippen LogP contribution in [0, 0.1) is 30.1 Å². The monoisotopic (exact) mass is 522 g/mol. The fourth-order valence-corrected chi connectivity index (χ4v) is 4.80. The van der Waals surface area contributed by atoms with Crippen LogP contribution in [-0.4, -0.2) is 62.3 Å². The van der Waals surface area contributed by atoms with Crippen molar-refractivity contribution < 1.29 is 0 Å². The van der Waals surface area contributed by atoms with Gasteiger partial charge in [0.1, 0.15) is 0 Å². The summed E-state index contributed by atoms with van der Waals surface area (Å²) in [7, 11) is 0. The van der Waals surface area contributed by atoms with Crippen LogP contribution in [0.5, 0.6) is 0 Å². The normalized spacial score (nSPS) is 11.3. The molecule has 0 aromatic heterocycles. The van der Waals surface area contributed by atoms with Gasteiger partial charge in [-0.05, 0) is 0 Å². The van der Waals surface area contributed by atoms with Crippen LogP contribution in [0.25, 0.3) is 21.5 Å². The predicted molar refractivity (Wildman–Crippen MR) is 89.3 cm³/mol. The topological polar surface area (TPSA) is 0 Å². The zero-order chi connectivity index (χ0) is 14.6. The average molecular weight is 518 g/mol. The van der Waals surface area contributed by atoms with E-state index >= 15 is 0 Å². The van der Waals surface area contributed by atoms with E-state index in [1.165, 1.54) is 48.9 Å². The van der Waals surface area contributed by atoms with Crippen LogP contribution in [0.15, 0.2) is 24.3 Å². The second-order valence-corrected chi connectivity index (χ2v) is 8.47. The van der Waals surface area contributed by atoms with Gasteiger partial charge in [-0.3, -0.25) is 0 Å². The van der Waals surface area contributed by atoms with E-state index in [1.807, 2.05) is 0 Å². The summed E-state index contributed by atoms with van der Waals surface area (Å²) in [5.41, 5.74) is 2.65. The van der Waals surface area contributed by atoms with Crippen molar-refractivity contribution in [1.82, 2.24) is 0 Å². The van der Waals surface area contributed by atoms with E-state index in [0.29, 0.717) is 0 Å². The van der Waals surface area contributed by atoms with Crippen molar-refractivity contribution in [1.29, 1.82) is 0 Å². The van der Waals surface area contributed by atoms with Gasteiger partial charge in [-0.2, -0.15) is 0 Å². The van der Waals surface area contributed by atoms with Gasteiger partial charge in [0.15, 0.2) is 0 Å². The first kappa shape index (κ1) is 15.2. The van der Waals surface area contributed by atoms with E-state index in [2.05, 4.69) is 100 Å². The van der Waals surface area contributed by atoms with Gasteiger partial charge in [0.25, 0.3) is 0 Å². The molecule has 0 saturated heterocycles. The second kappa shape index (κ2) is 5.47. The number of fused-ring (bicyclic) bond motifs is 2. The summed E-state index contributed by atoms with van der Waals surface area (Å²) in [6.07, 6.45) is 0. The van der Waals surface area contributed by atoms with Crippen molar-refractivity contribution in [3.63, 3.8) is 0 Å². The van der Waals surface area contributed by atoms with Crippen LogP contribution < -0.4 is 0 Å². The van der Waals surface area contributed by atoms with Crippen molar-refractivity contribution in [2.24, 2.45) is 0 Å². The molecule has 20 heavy (non-hydrogen) atoms. The van der Waals surface area contributed by atoms with Crippen molar-refractivity contribution >= 4 is 83.8 Å². The molecule has 0 N–H and O–H groups in total. The third-order valence-electron chi connectivity index (χ3n) is 3.81. The minimum atomic E-state index is 1.19. The molecule has 3 rings (SSSR count). The van der Waals surface area contributed by atoms with Gasteiger partial charge in [-0.25, -0.2) is 0 Å². The number of benzene rings is 3. The summed E-state index contributed by atoms with van der Waals surface area (Å²) in [5.74, 6) is 0. The molecule has 98 valence electrons. The molecule has 3 aromatic rings. The first-order chi connectivity index (χ1) is 9.41. The van der Waals surface area contributed by atoms with Gasteiger partial charge in [0.2, 0.25) is 0 Å². The number of rotatable bonds is 0. The van der Waals surface area contributed by atoms with Crippen LogP contribution in [-0.2, 0) is 0 Å². The molecule has 0 aliphatic carbocycles. The Balaban J connectivity index is 2.77. The first-order valence-electron chi connectivity index (χ1n) is 6.13. The molecule has 3 aromatic carbocycles. The van der Waals surface area contributed by atoms with E-state index in [0.717, 1.165) is 0 Å². The Bertz CT molecular complexity index is 996. The quantitative estimate of drug-likeness (QED) is 0.317. The average Bonchev–Trinajstić information content (AvgIpc) is 2.45. The molecule has 0 nitrogen and oxygen atoms in total. The van der Waals surface area contributed by atoms with Crippen LogP contribution in [0.4, 0.5) is 0 Å². The third-order valence-corrected chi connectivity index (χ3v) is 7.51. The summed E-state index contributed by atoms with van der Waals surface area (Å²) in [4.78, 5) is 0. The van der Waals surface area contributed by atoms with Gasteiger partial charge in [-0.1, -0.05) is 0 Å². The molecule has 0 bridgehead atoms. The van der Waals surface area contributed by atoms with E-state index < -0.39 is 0 Å². The summed E-state index contributed by atoms with van der Waals surface area (Å²) >= 11 is 12.8. The van der Waals surface area contributed by atoms with Crippen LogP contribution in [0.1, 0.15) is 11.1 Å². The fourth-order valence-electron chi connectivity index (χ4n) is 2.46. The summed E-state index contributed by atoms with van der Waals surface area (Å²) in [6, 6.07) is 8.82. The molecule has 0 amide bonds. The third kappa shape index (κ3) is 2.24. The molecule has 4 heteroatoms. The molecule has 0 spiro atoms. The minimum absolute atomic E-state index is 1.19. The molecule has 0 unspecified atom stereocenters. The summed E-state index contributed by atoms with van der Waals surface area (Å²) in [5, 5.41) is 5.12. The molecule has 0 heterocycles. The molecule has 0 aliphatic rings. The van der Waals surface area contributed by atoms with Gasteiger partial charge < -0.3 is 0 Å². The van der Waals surface area contributed by atoms with Crippen molar-refractivity contribution in [2.45, 2.75) is 13.8 Å². The molecule has 0 aliphatic heterocycles. The Hall–Kier alpha value is 0.258. The van der Waals surface area contributed by atoms with E-state index in [1.54, 1.807) is 0 Å². The second-order valence-electron chi connectivity index (χ2n) is 4.91. The molecular formula is C16H10Se4. The Kier molecular flexibility index (Phi) is 4.15. The maximum absolute atomic E-state index is 3.25. The van der Waals surface area contributed by atoms with Crippen LogP contribution >= 0.6 is 0 Å². The zero-order valence-corrected chi connectivity index (χ0v) is 17.8. The molecule has 0 fully saturated rings. The van der Waals surface area contributed by atoms with E-state index in [-0.39, 0.29) is 0 Å². The van der Waals surface area contributed by atoms with Gasteiger partial charge in [0.05, 0.1) is 0 Å². The number of hydrogen-bond donors (Lipinski definition) is 0. The molecule has 0 radical (unpaired) electrons. The van der Waals surface area contributed by atoms with Crippen molar-refractivity contribution in [3.8, 4) is 0 Å². The van der Waals surface area contributed by atoms with Gasteiger partial charge in [-0.15, -0.1) is 0 Å². The van der Waals surface area contributed by atoms with Crippen molar-refractivity contribution in [3.05, 3.63) is 51.6 Å². The zero-order valence-electron chi connectivity index (χ0n) is 10.9. The van der Waals surface area contributed by atoms with Crippen LogP contribution in [0.3, 0.4) is 0 Å². The van der Waals surface area contributed by atoms with Gasteiger partial charge >= 0.3 is 149 Å². The van der Waals surface area contributed by atoms with Crippen molar-refractivity contribution in [2.75, 3.05) is 0 Å². The fraction of sp³-hybridized carbons (Fsp3) is 0.125. The Morgan fingerprint density at radius 3 is 1.30 bits per heavy atom. The van der Waals surface area contributed by atoms with Crippen LogP contribution in [0.2, 0.25) is 0 Å². The Labute approximate surface area is 148 Å². The Morgan fingerprint density at radius 2 is 0.950 bits per heavy atom. The molecule has 0 atom stereocenters. The van der Waals surface area contributed by atoms with E-state index in [9.17, 15) is 0 Å². The summed E-state index contributed by atoms with van der Waals surface area (Å²) in [6.45, 7) is 4.35. The maximum atomic E-state index is 3.25. The molecular weight excluding hydrogens is 508 g/mol. The summed E-state index contributed by atoms with van der Waals surface area (Å²) < 4.78 is 4.90. The predicted octanol–water partition coefficient (Wildman–Crippen LogP) is 2.29. The SMILES string of the molecule is Cc1c(C)c(=[Se])c2cc3c(=[Se])ccc(=[Se])c3cc2c1=[Se]. The van der Waals surface area contributed by atoms with E-state index in [4.69, 9.17) is 0 Å². The number of hydrogen-bond acceptors (Lipinski definition) is 0. The standard InChI is InChI=1S/C16H10Se4/c1-7-8(2)16(20)12-6-10-9(5-11(12)15(7)19)13(17)3-4-14(10)18/h3-6H,1-2H3. The molecule has 0 saturated carbocycles. The first-order valence-corrected chi connectivity index (χ1v) is 9.56. The van der Waals surface area contributed by atoms with Gasteiger partial charge in [0, 0.05) is 0 Å².